The van der Waals surface area contributed by atoms with Crippen molar-refractivity contribution in [2.45, 2.75) is 13.3 Å². The lowest BCUT2D eigenvalue weighted by molar-refractivity contribution is 0.167. The van der Waals surface area contributed by atoms with Gasteiger partial charge in [0.2, 0.25) is 0 Å². The second-order valence-corrected chi connectivity index (χ2v) is 0.908. The van der Waals surface area contributed by atoms with Crippen LogP contribution in [0.1, 0.15) is 13.3 Å². The van der Waals surface area contributed by atoms with Crippen molar-refractivity contribution in [3.8, 4) is 0 Å². The second-order valence-electron chi connectivity index (χ2n) is 0.908. The van der Waals surface area contributed by atoms with Crippen LogP contribution in [0.3, 0.4) is 0 Å². The maximum Gasteiger partial charge on any atom is 0.0204 e. The predicted molar refractivity (Wildman–Crippen MR) is 27.3 cm³/mol. The van der Waals surface area contributed by atoms with Gasteiger partial charge in [0, 0.05) is 6.54 Å². The number of halogens is 1. The molecule has 0 aliphatic rings. The Kier molecular flexibility index (Phi) is 14.2. The summed E-state index contributed by atoms with van der Waals surface area (Å²) in [6.45, 7) is 2.68. The van der Waals surface area contributed by atoms with Gasteiger partial charge in [0.1, 0.15) is 0 Å². The summed E-state index contributed by atoms with van der Waals surface area (Å²) in [4.78, 5) is 0. The largest absolute Gasteiger partial charge is 0.317 e. The van der Waals surface area contributed by atoms with Crippen molar-refractivity contribution in [3.63, 3.8) is 0 Å². The Morgan fingerprint density at radius 1 is 1.67 bits per heavy atom. The van der Waals surface area contributed by atoms with E-state index < -0.39 is 0 Å². The Hall–Kier alpha value is 0.210. The zero-order valence-electron chi connectivity index (χ0n) is 3.77. The van der Waals surface area contributed by atoms with E-state index in [9.17, 15) is 0 Å². The fourth-order valence-corrected chi connectivity index (χ4v) is 0.112. The molecule has 0 unspecified atom stereocenters. The molecular formula is C3H10ClNO. The fraction of sp³-hybridized carbons (Fsp3) is 1.00. The maximum atomic E-state index is 7.82. The molecule has 3 heteroatoms. The quantitative estimate of drug-likeness (QED) is 0.517. The van der Waals surface area contributed by atoms with E-state index in [1.54, 1.807) is 0 Å². The number of hydroxylamine groups is 1. The van der Waals surface area contributed by atoms with Crippen LogP contribution in [-0.2, 0) is 0 Å². The van der Waals surface area contributed by atoms with Gasteiger partial charge >= 0.3 is 0 Å². The van der Waals surface area contributed by atoms with Crippen molar-refractivity contribution in [1.82, 2.24) is 5.48 Å². The Bertz CT molecular complexity index is 18.3. The van der Waals surface area contributed by atoms with Crippen LogP contribution in [-0.4, -0.2) is 11.8 Å². The summed E-state index contributed by atoms with van der Waals surface area (Å²) < 4.78 is 0. The lowest BCUT2D eigenvalue weighted by Gasteiger charge is -1.83. The molecule has 0 aromatic rings. The number of nitrogens with one attached hydrogen (secondary N) is 1. The van der Waals surface area contributed by atoms with E-state index in [1.165, 1.54) is 0 Å². The van der Waals surface area contributed by atoms with Gasteiger partial charge in [0.05, 0.1) is 0 Å². The highest BCUT2D eigenvalue weighted by molar-refractivity contribution is 5.85. The molecule has 0 aromatic heterocycles. The summed E-state index contributed by atoms with van der Waals surface area (Å²) in [5.74, 6) is 0. The third-order valence-corrected chi connectivity index (χ3v) is 0.362. The molecule has 0 heterocycles. The zero-order valence-corrected chi connectivity index (χ0v) is 4.59. The first-order valence-corrected chi connectivity index (χ1v) is 1.78. The van der Waals surface area contributed by atoms with E-state index in [4.69, 9.17) is 5.21 Å². The topological polar surface area (TPSA) is 32.3 Å². The van der Waals surface area contributed by atoms with E-state index >= 15 is 0 Å². The van der Waals surface area contributed by atoms with Crippen molar-refractivity contribution < 1.29 is 5.21 Å². The van der Waals surface area contributed by atoms with Crippen molar-refractivity contribution in [3.05, 3.63) is 0 Å². The molecule has 40 valence electrons. The number of rotatable bonds is 2. The fourth-order valence-electron chi connectivity index (χ4n) is 0.112. The van der Waals surface area contributed by atoms with Crippen LogP contribution in [0.2, 0.25) is 0 Å². The lowest BCUT2D eigenvalue weighted by Crippen LogP contribution is -2.06. The van der Waals surface area contributed by atoms with Crippen molar-refractivity contribution >= 4 is 12.4 Å². The molecule has 0 saturated heterocycles. The van der Waals surface area contributed by atoms with E-state index in [0.717, 1.165) is 6.42 Å². The molecule has 0 aliphatic heterocycles. The van der Waals surface area contributed by atoms with Gasteiger partial charge in [0.25, 0.3) is 0 Å². The molecule has 0 rings (SSSR count). The van der Waals surface area contributed by atoms with Crippen molar-refractivity contribution in [1.29, 1.82) is 0 Å². The van der Waals surface area contributed by atoms with Gasteiger partial charge in [-0.3, -0.25) is 0 Å². The van der Waals surface area contributed by atoms with Gasteiger partial charge in [-0.1, -0.05) is 6.92 Å². The predicted octanol–water partition coefficient (Wildman–Crippen LogP) is 0.797. The molecule has 0 spiro atoms. The van der Waals surface area contributed by atoms with E-state index in [1.807, 2.05) is 12.4 Å². The van der Waals surface area contributed by atoms with E-state index in [-0.39, 0.29) is 12.4 Å². The Morgan fingerprint density at radius 3 is 2.17 bits per heavy atom. The molecule has 2 nitrogen and oxygen atoms in total. The van der Waals surface area contributed by atoms with Crippen LogP contribution in [0.25, 0.3) is 0 Å². The molecule has 0 radical (unpaired) electrons. The first-order chi connectivity index (χ1) is 2.41. The molecule has 0 aliphatic carbocycles. The summed E-state index contributed by atoms with van der Waals surface area (Å²) in [5, 5.41) is 7.82. The van der Waals surface area contributed by atoms with Crippen LogP contribution >= 0.6 is 12.4 Å². The molecule has 0 aromatic carbocycles. The van der Waals surface area contributed by atoms with Gasteiger partial charge in [-0.25, -0.2) is 5.48 Å². The zero-order chi connectivity index (χ0) is 4.12. The molecule has 0 amide bonds. The van der Waals surface area contributed by atoms with Crippen molar-refractivity contribution in [2.24, 2.45) is 0 Å². The maximum absolute atomic E-state index is 7.82. The van der Waals surface area contributed by atoms with Crippen LogP contribution in [0.15, 0.2) is 0 Å². The second kappa shape index (κ2) is 8.96. The Balaban J connectivity index is 0. The summed E-state index contributed by atoms with van der Waals surface area (Å²) in [6.07, 6.45) is 0.983. The molecular weight excluding hydrogens is 101 g/mol. The summed E-state index contributed by atoms with van der Waals surface area (Å²) in [7, 11) is 0. The first-order valence-electron chi connectivity index (χ1n) is 1.78. The highest BCUT2D eigenvalue weighted by Gasteiger charge is 1.66. The molecule has 0 saturated carbocycles. The van der Waals surface area contributed by atoms with Gasteiger partial charge in [0.15, 0.2) is 0 Å². The molecule has 0 atom stereocenters. The third-order valence-electron chi connectivity index (χ3n) is 0.362. The minimum absolute atomic E-state index is 0. The van der Waals surface area contributed by atoms with E-state index in [0.29, 0.717) is 6.54 Å². The highest BCUT2D eigenvalue weighted by Crippen LogP contribution is 1.62. The smallest absolute Gasteiger partial charge is 0.0204 e. The standard InChI is InChI=1S/C3H9NO.ClH/c1-2-3-4-5;/h4-5H,2-3H2,1H3;1H. The van der Waals surface area contributed by atoms with E-state index in [2.05, 4.69) is 0 Å². The molecule has 2 N–H and O–H groups in total. The minimum atomic E-state index is 0. The van der Waals surface area contributed by atoms with Crippen LogP contribution in [0.5, 0.6) is 0 Å². The molecule has 0 fully saturated rings. The SMILES string of the molecule is CCCNO.Cl. The average molecular weight is 112 g/mol. The summed E-state index contributed by atoms with van der Waals surface area (Å²) in [6, 6.07) is 0. The Morgan fingerprint density at radius 2 is 2.17 bits per heavy atom. The van der Waals surface area contributed by atoms with Crippen LogP contribution < -0.4 is 5.48 Å². The normalized spacial score (nSPS) is 7.00. The number of hydrogen-bond donors (Lipinski definition) is 2. The molecule has 0 bridgehead atoms. The highest BCUT2D eigenvalue weighted by atomic mass is 35.5. The Labute approximate surface area is 43.9 Å². The lowest BCUT2D eigenvalue weighted by atomic mass is 10.5. The van der Waals surface area contributed by atoms with Crippen LogP contribution in [0, 0.1) is 0 Å². The number of hydrogen-bond acceptors (Lipinski definition) is 2. The minimum Gasteiger partial charge on any atom is -0.317 e. The monoisotopic (exact) mass is 111 g/mol. The summed E-state index contributed by atoms with van der Waals surface area (Å²) in [5.41, 5.74) is 2.02. The summed E-state index contributed by atoms with van der Waals surface area (Å²) >= 11 is 0. The van der Waals surface area contributed by atoms with Gasteiger partial charge < -0.3 is 5.21 Å². The third kappa shape index (κ3) is 8.88. The van der Waals surface area contributed by atoms with Crippen molar-refractivity contribution in [2.75, 3.05) is 6.54 Å². The van der Waals surface area contributed by atoms with Gasteiger partial charge in [-0.2, -0.15) is 0 Å². The average Bonchev–Trinajstić information content (AvgIpc) is 1.41. The van der Waals surface area contributed by atoms with Gasteiger partial charge in [-0.15, -0.1) is 12.4 Å². The molecule has 6 heavy (non-hydrogen) atoms. The first kappa shape index (κ1) is 9.51. The van der Waals surface area contributed by atoms with Crippen LogP contribution in [0.4, 0.5) is 0 Å². The van der Waals surface area contributed by atoms with Gasteiger partial charge in [-0.05, 0) is 6.42 Å².